The molecule has 7 heteroatoms. The van der Waals surface area contributed by atoms with Crippen molar-refractivity contribution >= 4 is 5.91 Å². The van der Waals surface area contributed by atoms with Gasteiger partial charge in [0.1, 0.15) is 11.5 Å². The number of hydrogen-bond donors (Lipinski definition) is 2. The first kappa shape index (κ1) is 19.1. The number of nitrogens with zero attached hydrogens (tertiary/aromatic N) is 1. The Labute approximate surface area is 158 Å². The SMILES string of the molecule is CCOc1ccc(Oc2cc(CNC(=O)C3(N)CCOCC3)ccn2)cc1. The van der Waals surface area contributed by atoms with Gasteiger partial charge in [-0.2, -0.15) is 0 Å². The van der Waals surface area contributed by atoms with E-state index >= 15 is 0 Å². The third-order valence-corrected chi connectivity index (χ3v) is 4.45. The van der Waals surface area contributed by atoms with E-state index in [4.69, 9.17) is 19.9 Å². The van der Waals surface area contributed by atoms with Crippen molar-refractivity contribution in [3.05, 3.63) is 48.2 Å². The highest BCUT2D eigenvalue weighted by atomic mass is 16.5. The molecule has 2 heterocycles. The summed E-state index contributed by atoms with van der Waals surface area (Å²) < 4.78 is 16.5. The maximum atomic E-state index is 12.4. The van der Waals surface area contributed by atoms with Crippen LogP contribution >= 0.6 is 0 Å². The summed E-state index contributed by atoms with van der Waals surface area (Å²) in [5.41, 5.74) is 6.22. The predicted octanol–water partition coefficient (Wildman–Crippen LogP) is 2.40. The number of amides is 1. The highest BCUT2D eigenvalue weighted by molar-refractivity contribution is 5.86. The molecule has 1 amide bonds. The van der Waals surface area contributed by atoms with Crippen LogP contribution in [0.15, 0.2) is 42.6 Å². The fourth-order valence-corrected chi connectivity index (χ4v) is 2.83. The van der Waals surface area contributed by atoms with E-state index in [9.17, 15) is 4.79 Å². The zero-order valence-corrected chi connectivity index (χ0v) is 15.4. The molecule has 0 spiro atoms. The summed E-state index contributed by atoms with van der Waals surface area (Å²) >= 11 is 0. The summed E-state index contributed by atoms with van der Waals surface area (Å²) in [6.07, 6.45) is 2.71. The summed E-state index contributed by atoms with van der Waals surface area (Å²) in [4.78, 5) is 16.6. The summed E-state index contributed by atoms with van der Waals surface area (Å²) in [5.74, 6) is 1.75. The van der Waals surface area contributed by atoms with E-state index in [0.29, 0.717) is 50.8 Å². The molecule has 0 radical (unpaired) electrons. The van der Waals surface area contributed by atoms with Gasteiger partial charge in [-0.15, -0.1) is 0 Å². The normalized spacial score (nSPS) is 15.8. The molecule has 27 heavy (non-hydrogen) atoms. The zero-order chi connectivity index (χ0) is 19.1. The molecule has 0 atom stereocenters. The van der Waals surface area contributed by atoms with Gasteiger partial charge in [0.05, 0.1) is 12.1 Å². The Morgan fingerprint density at radius 1 is 1.22 bits per heavy atom. The first-order valence-corrected chi connectivity index (χ1v) is 9.10. The molecular formula is C20H25N3O4. The lowest BCUT2D eigenvalue weighted by Gasteiger charge is -2.31. The van der Waals surface area contributed by atoms with E-state index in [0.717, 1.165) is 11.3 Å². The molecule has 7 nitrogen and oxygen atoms in total. The maximum Gasteiger partial charge on any atom is 0.240 e. The number of hydrogen-bond acceptors (Lipinski definition) is 6. The minimum Gasteiger partial charge on any atom is -0.494 e. The van der Waals surface area contributed by atoms with Gasteiger partial charge in [-0.3, -0.25) is 4.79 Å². The number of aromatic nitrogens is 1. The van der Waals surface area contributed by atoms with Crippen LogP contribution in [0.25, 0.3) is 0 Å². The van der Waals surface area contributed by atoms with Crippen LogP contribution < -0.4 is 20.5 Å². The van der Waals surface area contributed by atoms with E-state index in [1.165, 1.54) is 0 Å². The van der Waals surface area contributed by atoms with Crippen molar-refractivity contribution in [3.63, 3.8) is 0 Å². The smallest absolute Gasteiger partial charge is 0.240 e. The third-order valence-electron chi connectivity index (χ3n) is 4.45. The molecule has 0 bridgehead atoms. The number of nitrogens with two attached hydrogens (primary N) is 1. The van der Waals surface area contributed by atoms with E-state index in [2.05, 4.69) is 10.3 Å². The molecule has 1 aliphatic rings. The second-order valence-electron chi connectivity index (χ2n) is 6.46. The fraction of sp³-hybridized carbons (Fsp3) is 0.400. The summed E-state index contributed by atoms with van der Waals surface area (Å²) in [6, 6.07) is 11.0. The number of rotatable bonds is 7. The minimum atomic E-state index is -0.854. The molecule has 1 saturated heterocycles. The van der Waals surface area contributed by atoms with E-state index in [-0.39, 0.29) is 5.91 Å². The van der Waals surface area contributed by atoms with Crippen LogP contribution in [-0.2, 0) is 16.1 Å². The van der Waals surface area contributed by atoms with Crippen molar-refractivity contribution in [2.24, 2.45) is 5.73 Å². The summed E-state index contributed by atoms with van der Waals surface area (Å²) in [6.45, 7) is 3.94. The van der Waals surface area contributed by atoms with Crippen molar-refractivity contribution in [2.45, 2.75) is 31.8 Å². The molecule has 3 rings (SSSR count). The van der Waals surface area contributed by atoms with Crippen LogP contribution in [0.1, 0.15) is 25.3 Å². The molecule has 1 aliphatic heterocycles. The van der Waals surface area contributed by atoms with E-state index in [1.807, 2.05) is 37.3 Å². The molecule has 0 saturated carbocycles. The zero-order valence-electron chi connectivity index (χ0n) is 15.4. The minimum absolute atomic E-state index is 0.156. The molecule has 144 valence electrons. The predicted molar refractivity (Wildman–Crippen MR) is 101 cm³/mol. The van der Waals surface area contributed by atoms with Gasteiger partial charge in [-0.1, -0.05) is 0 Å². The van der Waals surface area contributed by atoms with Crippen molar-refractivity contribution < 1.29 is 19.0 Å². The standard InChI is InChI=1S/C20H25N3O4/c1-2-26-16-3-5-17(6-4-16)27-18-13-15(7-10-22-18)14-23-19(24)20(21)8-11-25-12-9-20/h3-7,10,13H,2,8-9,11-12,14,21H2,1H3,(H,23,24). The lowest BCUT2D eigenvalue weighted by molar-refractivity contribution is -0.129. The van der Waals surface area contributed by atoms with Gasteiger partial charge >= 0.3 is 0 Å². The van der Waals surface area contributed by atoms with Crippen LogP contribution in [0.5, 0.6) is 17.4 Å². The van der Waals surface area contributed by atoms with Gasteiger partial charge in [0, 0.05) is 32.0 Å². The van der Waals surface area contributed by atoms with Crippen molar-refractivity contribution in [1.29, 1.82) is 0 Å². The Hall–Kier alpha value is -2.64. The van der Waals surface area contributed by atoms with Gasteiger partial charge < -0.3 is 25.3 Å². The lowest BCUT2D eigenvalue weighted by atomic mass is 9.90. The summed E-state index contributed by atoms with van der Waals surface area (Å²) in [5, 5.41) is 2.90. The van der Waals surface area contributed by atoms with E-state index < -0.39 is 5.54 Å². The van der Waals surface area contributed by atoms with Crippen LogP contribution in [-0.4, -0.2) is 36.3 Å². The molecule has 0 aliphatic carbocycles. The average molecular weight is 371 g/mol. The van der Waals surface area contributed by atoms with Gasteiger partial charge in [0.15, 0.2) is 0 Å². The Bertz CT molecular complexity index is 758. The Balaban J connectivity index is 1.57. The number of benzene rings is 1. The van der Waals surface area contributed by atoms with Gasteiger partial charge in [0.2, 0.25) is 11.8 Å². The maximum absolute atomic E-state index is 12.4. The van der Waals surface area contributed by atoms with E-state index in [1.54, 1.807) is 12.3 Å². The first-order chi connectivity index (χ1) is 13.1. The second kappa shape index (κ2) is 8.83. The topological polar surface area (TPSA) is 95.7 Å². The second-order valence-corrected chi connectivity index (χ2v) is 6.46. The quantitative estimate of drug-likeness (QED) is 0.776. The molecule has 3 N–H and O–H groups in total. The number of nitrogens with one attached hydrogen (secondary N) is 1. The Morgan fingerprint density at radius 2 is 1.93 bits per heavy atom. The van der Waals surface area contributed by atoms with Crippen molar-refractivity contribution in [1.82, 2.24) is 10.3 Å². The highest BCUT2D eigenvalue weighted by Crippen LogP contribution is 2.23. The Morgan fingerprint density at radius 3 is 2.63 bits per heavy atom. The molecule has 1 aromatic heterocycles. The lowest BCUT2D eigenvalue weighted by Crippen LogP contribution is -2.56. The number of pyridine rings is 1. The molecule has 1 aromatic carbocycles. The Kier molecular flexibility index (Phi) is 6.26. The number of carbonyl (C=O) groups excluding carboxylic acids is 1. The number of ether oxygens (including phenoxy) is 3. The molecule has 0 unspecified atom stereocenters. The summed E-state index contributed by atoms with van der Waals surface area (Å²) in [7, 11) is 0. The van der Waals surface area contributed by atoms with Crippen molar-refractivity contribution in [2.75, 3.05) is 19.8 Å². The molecular weight excluding hydrogens is 346 g/mol. The van der Waals surface area contributed by atoms with Crippen molar-refractivity contribution in [3.8, 4) is 17.4 Å². The highest BCUT2D eigenvalue weighted by Gasteiger charge is 2.35. The first-order valence-electron chi connectivity index (χ1n) is 9.10. The van der Waals surface area contributed by atoms with Crippen LogP contribution in [0.4, 0.5) is 0 Å². The molecule has 1 fully saturated rings. The van der Waals surface area contributed by atoms with Crippen LogP contribution in [0.3, 0.4) is 0 Å². The van der Waals surface area contributed by atoms with Gasteiger partial charge in [-0.25, -0.2) is 4.98 Å². The molecule has 2 aromatic rings. The van der Waals surface area contributed by atoms with Gasteiger partial charge in [-0.05, 0) is 55.7 Å². The monoisotopic (exact) mass is 371 g/mol. The fourth-order valence-electron chi connectivity index (χ4n) is 2.83. The largest absolute Gasteiger partial charge is 0.494 e. The average Bonchev–Trinajstić information content (AvgIpc) is 2.69. The van der Waals surface area contributed by atoms with Crippen LogP contribution in [0, 0.1) is 0 Å². The third kappa shape index (κ3) is 5.18. The van der Waals surface area contributed by atoms with Crippen LogP contribution in [0.2, 0.25) is 0 Å². The van der Waals surface area contributed by atoms with Gasteiger partial charge in [0.25, 0.3) is 0 Å². The number of carbonyl (C=O) groups is 1.